The molecule has 1 aliphatic rings. The van der Waals surface area contributed by atoms with Crippen LogP contribution in [0.2, 0.25) is 0 Å². The van der Waals surface area contributed by atoms with Crippen molar-refractivity contribution in [3.05, 3.63) is 71.8 Å². The monoisotopic (exact) mass is 407 g/mol. The second kappa shape index (κ2) is 8.39. The molecule has 1 fully saturated rings. The summed E-state index contributed by atoms with van der Waals surface area (Å²) in [5.41, 5.74) is 0.755. The molecule has 2 aromatic rings. The number of nitrogens with zero attached hydrogens (tertiary/aromatic N) is 1. The molecular formula is C21H20F3NO2S. The summed E-state index contributed by atoms with van der Waals surface area (Å²) < 4.78 is 40.9. The molecular weight excluding hydrogens is 387 g/mol. The number of hydrogen-bond donors (Lipinski definition) is 0. The molecule has 3 nitrogen and oxygen atoms in total. The van der Waals surface area contributed by atoms with E-state index in [1.165, 1.54) is 24.3 Å². The van der Waals surface area contributed by atoms with Gasteiger partial charge in [0.1, 0.15) is 4.75 Å². The normalized spacial score (nSPS) is 16.8. The summed E-state index contributed by atoms with van der Waals surface area (Å²) in [6.07, 6.45) is -4.78. The molecule has 0 N–H and O–H groups in total. The van der Waals surface area contributed by atoms with Crippen LogP contribution >= 0.6 is 11.8 Å². The molecule has 0 saturated carbocycles. The quantitative estimate of drug-likeness (QED) is 0.682. The molecule has 1 heterocycles. The fourth-order valence-corrected chi connectivity index (χ4v) is 4.59. The summed E-state index contributed by atoms with van der Waals surface area (Å²) in [6, 6.07) is 16.3. The molecule has 1 saturated heterocycles. The number of halogens is 3. The van der Waals surface area contributed by atoms with Crippen molar-refractivity contribution >= 4 is 23.6 Å². The minimum Gasteiger partial charge on any atom is -0.283 e. The van der Waals surface area contributed by atoms with Gasteiger partial charge in [0.25, 0.3) is 0 Å². The first-order valence-electron chi connectivity index (χ1n) is 8.97. The first-order chi connectivity index (χ1) is 13.3. The van der Waals surface area contributed by atoms with Crippen molar-refractivity contribution in [3.63, 3.8) is 0 Å². The van der Waals surface area contributed by atoms with Gasteiger partial charge in [-0.25, -0.2) is 0 Å². The van der Waals surface area contributed by atoms with E-state index in [1.54, 1.807) is 36.4 Å². The molecule has 0 bridgehead atoms. The van der Waals surface area contributed by atoms with Gasteiger partial charge in [0, 0.05) is 18.7 Å². The molecule has 3 rings (SSSR count). The van der Waals surface area contributed by atoms with E-state index in [9.17, 15) is 22.8 Å². The van der Waals surface area contributed by atoms with E-state index in [4.69, 9.17) is 0 Å². The van der Waals surface area contributed by atoms with E-state index in [2.05, 4.69) is 0 Å². The van der Waals surface area contributed by atoms with Crippen LogP contribution in [-0.2, 0) is 20.1 Å². The molecule has 0 aliphatic carbocycles. The predicted molar refractivity (Wildman–Crippen MR) is 102 cm³/mol. The fraction of sp³-hybridized carbons (Fsp3) is 0.333. The predicted octanol–water partition coefficient (Wildman–Crippen LogP) is 4.92. The Balaban J connectivity index is 1.97. The van der Waals surface area contributed by atoms with Crippen molar-refractivity contribution in [2.45, 2.75) is 35.9 Å². The molecule has 2 aromatic carbocycles. The average molecular weight is 407 g/mol. The van der Waals surface area contributed by atoms with Crippen molar-refractivity contribution in [3.8, 4) is 0 Å². The Labute approximate surface area is 165 Å². The van der Waals surface area contributed by atoms with Gasteiger partial charge < -0.3 is 0 Å². The first-order valence-corrected chi connectivity index (χ1v) is 9.95. The van der Waals surface area contributed by atoms with Crippen molar-refractivity contribution in [1.29, 1.82) is 0 Å². The van der Waals surface area contributed by atoms with Crippen LogP contribution in [0.5, 0.6) is 0 Å². The molecule has 0 radical (unpaired) electrons. The number of benzene rings is 2. The number of hydrogen-bond acceptors (Lipinski definition) is 3. The van der Waals surface area contributed by atoms with Crippen molar-refractivity contribution < 1.29 is 22.8 Å². The molecule has 1 aliphatic heterocycles. The summed E-state index contributed by atoms with van der Waals surface area (Å²) in [5, 5.41) is 0. The highest BCUT2D eigenvalue weighted by atomic mass is 32.2. The SMILES string of the molecule is O=C1CCCN1C(=O)C[C@](SCc1ccccc1)(c1ccccc1)C(F)(F)F. The van der Waals surface area contributed by atoms with Crippen LogP contribution < -0.4 is 0 Å². The van der Waals surface area contributed by atoms with Crippen LogP contribution in [0.1, 0.15) is 30.4 Å². The van der Waals surface area contributed by atoms with Gasteiger partial charge in [-0.1, -0.05) is 60.7 Å². The van der Waals surface area contributed by atoms with Crippen molar-refractivity contribution in [2.75, 3.05) is 6.54 Å². The van der Waals surface area contributed by atoms with Crippen LogP contribution in [-0.4, -0.2) is 29.4 Å². The highest BCUT2D eigenvalue weighted by molar-refractivity contribution is 7.99. The summed E-state index contributed by atoms with van der Waals surface area (Å²) in [4.78, 5) is 25.5. The number of carbonyl (C=O) groups excluding carboxylic acids is 2. The van der Waals surface area contributed by atoms with E-state index < -0.39 is 29.2 Å². The highest BCUT2D eigenvalue weighted by Crippen LogP contribution is 2.53. The minimum atomic E-state index is -4.67. The van der Waals surface area contributed by atoms with Crippen LogP contribution in [0.3, 0.4) is 0 Å². The molecule has 148 valence electrons. The van der Waals surface area contributed by atoms with Gasteiger partial charge in [-0.15, -0.1) is 11.8 Å². The molecule has 7 heteroatoms. The van der Waals surface area contributed by atoms with Gasteiger partial charge in [-0.05, 0) is 17.5 Å². The molecule has 28 heavy (non-hydrogen) atoms. The lowest BCUT2D eigenvalue weighted by atomic mass is 9.93. The number of thioether (sulfide) groups is 1. The topological polar surface area (TPSA) is 37.4 Å². The third-order valence-corrected chi connectivity index (χ3v) is 6.38. The van der Waals surface area contributed by atoms with Gasteiger partial charge in [0.05, 0.1) is 6.42 Å². The van der Waals surface area contributed by atoms with E-state index in [-0.39, 0.29) is 24.3 Å². The lowest BCUT2D eigenvalue weighted by Crippen LogP contribution is -2.45. The van der Waals surface area contributed by atoms with E-state index in [0.29, 0.717) is 18.2 Å². The Bertz CT molecular complexity index is 827. The smallest absolute Gasteiger partial charge is 0.283 e. The Morgan fingerprint density at radius 3 is 2.14 bits per heavy atom. The Morgan fingerprint density at radius 1 is 1.00 bits per heavy atom. The second-order valence-corrected chi connectivity index (χ2v) is 7.96. The zero-order valence-electron chi connectivity index (χ0n) is 15.1. The third-order valence-electron chi connectivity index (χ3n) is 4.80. The lowest BCUT2D eigenvalue weighted by Gasteiger charge is -2.36. The minimum absolute atomic E-state index is 0.0171. The van der Waals surface area contributed by atoms with Gasteiger partial charge in [-0.2, -0.15) is 13.2 Å². The fourth-order valence-electron chi connectivity index (χ4n) is 3.29. The Hall–Kier alpha value is -2.28. The highest BCUT2D eigenvalue weighted by Gasteiger charge is 2.58. The van der Waals surface area contributed by atoms with E-state index in [0.717, 1.165) is 10.5 Å². The number of amides is 2. The average Bonchev–Trinajstić information content (AvgIpc) is 3.11. The summed E-state index contributed by atoms with van der Waals surface area (Å²) in [7, 11) is 0. The summed E-state index contributed by atoms with van der Waals surface area (Å²) in [6.45, 7) is 0.184. The molecule has 1 atom stereocenters. The number of likely N-dealkylation sites (tertiary alicyclic amines) is 1. The largest absolute Gasteiger partial charge is 0.407 e. The Morgan fingerprint density at radius 2 is 1.61 bits per heavy atom. The van der Waals surface area contributed by atoms with Gasteiger partial charge in [0.15, 0.2) is 0 Å². The zero-order valence-corrected chi connectivity index (χ0v) is 15.9. The summed E-state index contributed by atoms with van der Waals surface area (Å²) in [5.74, 6) is -1.08. The lowest BCUT2D eigenvalue weighted by molar-refractivity contribution is -0.171. The van der Waals surface area contributed by atoms with Gasteiger partial charge >= 0.3 is 6.18 Å². The van der Waals surface area contributed by atoms with Crippen LogP contribution in [0.25, 0.3) is 0 Å². The number of carbonyl (C=O) groups is 2. The van der Waals surface area contributed by atoms with Crippen LogP contribution in [0, 0.1) is 0 Å². The maximum Gasteiger partial charge on any atom is 0.407 e. The maximum absolute atomic E-state index is 14.4. The molecule has 2 amide bonds. The van der Waals surface area contributed by atoms with E-state index >= 15 is 0 Å². The van der Waals surface area contributed by atoms with Crippen LogP contribution in [0.15, 0.2) is 60.7 Å². The van der Waals surface area contributed by atoms with Crippen molar-refractivity contribution in [1.82, 2.24) is 4.90 Å². The number of imide groups is 1. The molecule has 0 spiro atoms. The molecule has 0 aromatic heterocycles. The van der Waals surface area contributed by atoms with Crippen LogP contribution in [0.4, 0.5) is 13.2 Å². The van der Waals surface area contributed by atoms with Crippen molar-refractivity contribution in [2.24, 2.45) is 0 Å². The zero-order chi connectivity index (χ0) is 20.2. The maximum atomic E-state index is 14.4. The van der Waals surface area contributed by atoms with Gasteiger partial charge in [0.2, 0.25) is 11.8 Å². The molecule has 0 unspecified atom stereocenters. The van der Waals surface area contributed by atoms with E-state index in [1.807, 2.05) is 0 Å². The van der Waals surface area contributed by atoms with Gasteiger partial charge in [-0.3, -0.25) is 14.5 Å². The standard InChI is InChI=1S/C21H20F3NO2S/c22-21(23,24)20(17-10-5-2-6-11-17,28-15-16-8-3-1-4-9-16)14-19(27)25-13-7-12-18(25)26/h1-6,8-11H,7,12-15H2/t20-/m0/s1. The number of alkyl halides is 3. The second-order valence-electron chi connectivity index (χ2n) is 6.68. The summed E-state index contributed by atoms with van der Waals surface area (Å²) >= 11 is 0.687. The third kappa shape index (κ3) is 4.24. The first kappa shape index (κ1) is 20.5. The number of rotatable bonds is 6. The Kier molecular flexibility index (Phi) is 6.13.